The molecule has 7 rings (SSSR count). The van der Waals surface area contributed by atoms with Gasteiger partial charge in [0.05, 0.1) is 16.9 Å². The zero-order valence-corrected chi connectivity index (χ0v) is 26.3. The number of carbonyl (C=O) groups excluding carboxylic acids is 1. The number of piperidine rings is 1. The number of alkyl halides is 2. The van der Waals surface area contributed by atoms with Crippen molar-refractivity contribution in [2.75, 3.05) is 25.0 Å². The summed E-state index contributed by atoms with van der Waals surface area (Å²) in [7, 11) is 1.67. The smallest absolute Gasteiger partial charge is 0.316 e. The van der Waals surface area contributed by atoms with Crippen LogP contribution in [0, 0.1) is 24.5 Å². The van der Waals surface area contributed by atoms with Gasteiger partial charge in [0.15, 0.2) is 0 Å². The van der Waals surface area contributed by atoms with Crippen LogP contribution >= 0.6 is 0 Å². The van der Waals surface area contributed by atoms with Crippen molar-refractivity contribution in [1.82, 2.24) is 4.90 Å². The quantitative estimate of drug-likeness (QED) is 0.120. The zero-order chi connectivity index (χ0) is 33.3. The van der Waals surface area contributed by atoms with Crippen LogP contribution < -0.4 is 4.90 Å². The molecule has 3 aliphatic rings. The van der Waals surface area contributed by atoms with Crippen LogP contribution in [0.3, 0.4) is 0 Å². The van der Waals surface area contributed by atoms with E-state index in [-0.39, 0.29) is 23.5 Å². The number of benzene rings is 4. The van der Waals surface area contributed by atoms with Gasteiger partial charge in [-0.3, -0.25) is 9.79 Å². The van der Waals surface area contributed by atoms with E-state index in [2.05, 4.69) is 11.6 Å². The fraction of sp³-hybridized carbons (Fsp3) is 0.231. The molecule has 2 aliphatic heterocycles. The minimum Gasteiger partial charge on any atom is -0.339 e. The van der Waals surface area contributed by atoms with Gasteiger partial charge in [-0.05, 0) is 90.9 Å². The number of hydrogen-bond acceptors (Lipinski definition) is 3. The van der Waals surface area contributed by atoms with Crippen molar-refractivity contribution in [3.63, 3.8) is 0 Å². The number of rotatable bonds is 6. The first-order valence-electron chi connectivity index (χ1n) is 15.6. The van der Waals surface area contributed by atoms with E-state index < -0.39 is 12.1 Å². The molecule has 1 amide bonds. The Morgan fingerprint density at radius 1 is 0.915 bits per heavy atom. The Labute approximate surface area is 272 Å². The summed E-state index contributed by atoms with van der Waals surface area (Å²) in [6, 6.07) is 25.5. The van der Waals surface area contributed by atoms with Crippen molar-refractivity contribution in [3.05, 3.63) is 149 Å². The number of hydrogen-bond donors (Lipinski definition) is 0. The molecule has 0 bridgehead atoms. The molecule has 0 N–H and O–H groups in total. The van der Waals surface area contributed by atoms with Crippen molar-refractivity contribution in [1.29, 1.82) is 0 Å². The molecular formula is C39H35F4N3O. The lowest BCUT2D eigenvalue weighted by Gasteiger charge is -2.41. The molecule has 47 heavy (non-hydrogen) atoms. The van der Waals surface area contributed by atoms with E-state index in [1.807, 2.05) is 48.2 Å². The van der Waals surface area contributed by atoms with Gasteiger partial charge in [-0.15, -0.1) is 0 Å². The van der Waals surface area contributed by atoms with Crippen molar-refractivity contribution >= 4 is 29.0 Å². The Morgan fingerprint density at radius 3 is 2.23 bits per heavy atom. The summed E-state index contributed by atoms with van der Waals surface area (Å²) in [5.41, 5.74) is 6.21. The molecule has 1 unspecified atom stereocenters. The van der Waals surface area contributed by atoms with Gasteiger partial charge in [0.25, 0.3) is 5.91 Å². The third-order valence-corrected chi connectivity index (χ3v) is 9.30. The highest BCUT2D eigenvalue weighted by Crippen LogP contribution is 2.63. The molecule has 8 heteroatoms. The minimum absolute atomic E-state index is 0.0293. The molecule has 4 nitrogen and oxygen atoms in total. The summed E-state index contributed by atoms with van der Waals surface area (Å²) in [4.78, 5) is 20.9. The highest BCUT2D eigenvalue weighted by Gasteiger charge is 2.62. The molecule has 0 spiro atoms. The van der Waals surface area contributed by atoms with E-state index in [1.165, 1.54) is 29.2 Å². The summed E-state index contributed by atoms with van der Waals surface area (Å²) >= 11 is 0. The maximum absolute atomic E-state index is 14.2. The molecule has 1 fully saturated rings. The largest absolute Gasteiger partial charge is 0.339 e. The van der Waals surface area contributed by atoms with E-state index in [9.17, 15) is 22.4 Å². The lowest BCUT2D eigenvalue weighted by molar-refractivity contribution is 0.0648. The van der Waals surface area contributed by atoms with Gasteiger partial charge >= 0.3 is 6.55 Å². The van der Waals surface area contributed by atoms with Crippen LogP contribution in [0.25, 0.3) is 11.6 Å². The van der Waals surface area contributed by atoms with Gasteiger partial charge in [-0.2, -0.15) is 8.78 Å². The van der Waals surface area contributed by atoms with Crippen LogP contribution in [-0.2, 0) is 0 Å². The first-order valence-corrected chi connectivity index (χ1v) is 15.6. The highest BCUT2D eigenvalue weighted by atomic mass is 19.3. The van der Waals surface area contributed by atoms with Crippen LogP contribution in [0.4, 0.5) is 23.2 Å². The van der Waals surface area contributed by atoms with Gasteiger partial charge in [0, 0.05) is 42.4 Å². The Kier molecular flexibility index (Phi) is 8.86. The van der Waals surface area contributed by atoms with Crippen molar-refractivity contribution in [3.8, 4) is 0 Å². The lowest BCUT2D eigenvalue weighted by atomic mass is 9.83. The van der Waals surface area contributed by atoms with Crippen LogP contribution in [0.1, 0.15) is 51.0 Å². The number of halogens is 4. The second kappa shape index (κ2) is 13.0. The predicted octanol–water partition coefficient (Wildman–Crippen LogP) is 8.80. The SMILES string of the molecule is C=Cc1cccc(F)c1.CN=C(c1cccc(F)c1)c1ccc(C(=O)N2CCC(C34C=C3c3ccccc3N4C(F)F)CC2)cc1C. The summed E-state index contributed by atoms with van der Waals surface area (Å²) in [6.45, 7) is 3.87. The van der Waals surface area contributed by atoms with E-state index in [4.69, 9.17) is 0 Å². The molecular weight excluding hydrogens is 602 g/mol. The zero-order valence-electron chi connectivity index (χ0n) is 26.3. The molecule has 4 aromatic carbocycles. The van der Waals surface area contributed by atoms with Crippen LogP contribution in [0.15, 0.2) is 109 Å². The number of fused-ring (bicyclic) bond motifs is 3. The number of amides is 1. The topological polar surface area (TPSA) is 35.9 Å². The fourth-order valence-electron chi connectivity index (χ4n) is 7.03. The standard InChI is InChI=1S/C31H28F3N3O.C8H7F/c1-19-16-21(10-11-24(19)28(35-2)20-6-5-7-23(32)17-20)29(38)36-14-12-22(13-15-36)31-18-26(31)25-8-3-4-9-27(25)37(31)30(33)34;1-2-7-4-3-5-8(9)6-7/h3-11,16-18,22,30H,12-15H2,1-2H3;2-6H,1H2. The van der Waals surface area contributed by atoms with Gasteiger partial charge in [0.1, 0.15) is 11.6 Å². The fourth-order valence-corrected chi connectivity index (χ4v) is 7.03. The van der Waals surface area contributed by atoms with Crippen molar-refractivity contribution in [2.45, 2.75) is 31.9 Å². The van der Waals surface area contributed by atoms with Gasteiger partial charge in [-0.1, -0.05) is 61.2 Å². The number of aliphatic imine (C=N–C) groups is 1. The normalized spacial score (nSPS) is 18.6. The second-order valence-corrected chi connectivity index (χ2v) is 12.0. The van der Waals surface area contributed by atoms with Crippen molar-refractivity contribution in [2.24, 2.45) is 10.9 Å². The van der Waals surface area contributed by atoms with E-state index in [0.29, 0.717) is 48.5 Å². The number of anilines is 1. The maximum Gasteiger partial charge on any atom is 0.316 e. The summed E-state index contributed by atoms with van der Waals surface area (Å²) in [5, 5.41) is 0. The molecule has 1 saturated heterocycles. The Balaban J connectivity index is 0.000000373. The second-order valence-electron chi connectivity index (χ2n) is 12.0. The monoisotopic (exact) mass is 637 g/mol. The van der Waals surface area contributed by atoms with Gasteiger partial charge in [-0.25, -0.2) is 8.78 Å². The molecule has 0 saturated carbocycles. The number of nitrogens with zero attached hydrogens (tertiary/aromatic N) is 3. The average molecular weight is 638 g/mol. The number of aryl methyl sites for hydroxylation is 1. The first-order chi connectivity index (χ1) is 22.7. The summed E-state index contributed by atoms with van der Waals surface area (Å²) < 4.78 is 54.5. The van der Waals surface area contributed by atoms with Gasteiger partial charge < -0.3 is 9.80 Å². The van der Waals surface area contributed by atoms with E-state index >= 15 is 0 Å². The Bertz CT molecular complexity index is 1890. The molecule has 1 aliphatic carbocycles. The van der Waals surface area contributed by atoms with Crippen molar-refractivity contribution < 1.29 is 22.4 Å². The molecule has 0 aromatic heterocycles. The number of likely N-dealkylation sites (tertiary alicyclic amines) is 1. The van der Waals surface area contributed by atoms with Crippen LogP contribution in [0.5, 0.6) is 0 Å². The van der Waals surface area contributed by atoms with E-state index in [0.717, 1.165) is 27.8 Å². The Morgan fingerprint density at radius 2 is 1.62 bits per heavy atom. The lowest BCUT2D eigenvalue weighted by Crippen LogP contribution is -2.50. The molecule has 2 heterocycles. The molecule has 4 aromatic rings. The molecule has 240 valence electrons. The van der Waals surface area contributed by atoms with Gasteiger partial charge in [0.2, 0.25) is 0 Å². The van der Waals surface area contributed by atoms with Crippen LogP contribution in [-0.4, -0.2) is 48.7 Å². The third-order valence-electron chi connectivity index (χ3n) is 9.30. The first kappa shape index (κ1) is 32.0. The van der Waals surface area contributed by atoms with E-state index in [1.54, 1.807) is 49.5 Å². The minimum atomic E-state index is -2.59. The number of para-hydroxylation sites is 1. The summed E-state index contributed by atoms with van der Waals surface area (Å²) in [6.07, 6.45) is 4.92. The summed E-state index contributed by atoms with van der Waals surface area (Å²) in [5.74, 6) is -0.586. The van der Waals surface area contributed by atoms with Crippen LogP contribution in [0.2, 0.25) is 0 Å². The predicted molar refractivity (Wildman–Crippen MR) is 180 cm³/mol. The number of carbonyl (C=O) groups is 1. The molecule has 0 radical (unpaired) electrons. The Hall–Kier alpha value is -4.98. The molecule has 1 atom stereocenters. The average Bonchev–Trinajstić information content (AvgIpc) is 3.74. The maximum atomic E-state index is 14.2. The highest BCUT2D eigenvalue weighted by molar-refractivity contribution is 6.14. The third kappa shape index (κ3) is 6.00.